The van der Waals surface area contributed by atoms with E-state index in [1.165, 1.54) is 12.1 Å². The Balaban J connectivity index is 0.00000338. The fraction of sp³-hybridized carbons (Fsp3) is 0.625. The highest BCUT2D eigenvalue weighted by Gasteiger charge is 2.41. The van der Waals surface area contributed by atoms with Gasteiger partial charge in [-0.2, -0.15) is 8.78 Å². The molecule has 0 bridgehead atoms. The van der Waals surface area contributed by atoms with Crippen molar-refractivity contribution < 1.29 is 27.1 Å². The minimum absolute atomic E-state index is 0. The number of ether oxygens (including phenoxy) is 1. The summed E-state index contributed by atoms with van der Waals surface area (Å²) >= 11 is 0. The van der Waals surface area contributed by atoms with Crippen molar-refractivity contribution in [3.63, 3.8) is 0 Å². The summed E-state index contributed by atoms with van der Waals surface area (Å²) in [6.45, 7) is -0.988. The van der Waals surface area contributed by atoms with E-state index in [-0.39, 0.29) is 41.7 Å². The first-order valence-corrected chi connectivity index (χ1v) is 8.09. The van der Waals surface area contributed by atoms with Gasteiger partial charge in [0.1, 0.15) is 0 Å². The molecule has 148 valence electrons. The molecule has 2 unspecified atom stereocenters. The minimum Gasteiger partial charge on any atom is -0.471 e. The zero-order chi connectivity index (χ0) is 18.4. The fourth-order valence-corrected chi connectivity index (χ4v) is 2.76. The van der Waals surface area contributed by atoms with E-state index in [0.717, 1.165) is 31.9 Å². The van der Waals surface area contributed by atoms with Gasteiger partial charge in [-0.3, -0.25) is 4.79 Å². The van der Waals surface area contributed by atoms with E-state index in [4.69, 9.17) is 5.73 Å². The lowest BCUT2D eigenvalue weighted by Crippen LogP contribution is -2.44. The van der Waals surface area contributed by atoms with Crippen LogP contribution in [0.4, 0.5) is 17.6 Å². The number of pyridine rings is 1. The molecular formula is C16H22ClF4N3O2. The lowest BCUT2D eigenvalue weighted by atomic mass is 9.84. The molecule has 0 aromatic carbocycles. The van der Waals surface area contributed by atoms with E-state index >= 15 is 0 Å². The summed E-state index contributed by atoms with van der Waals surface area (Å²) in [4.78, 5) is 15.9. The van der Waals surface area contributed by atoms with E-state index in [9.17, 15) is 22.4 Å². The lowest BCUT2D eigenvalue weighted by Gasteiger charge is -2.31. The average molecular weight is 400 g/mol. The number of nitrogens with two attached hydrogens (primary N) is 1. The third-order valence-electron chi connectivity index (χ3n) is 4.26. The number of hydrogen-bond donors (Lipinski definition) is 2. The van der Waals surface area contributed by atoms with E-state index in [2.05, 4.69) is 15.0 Å². The number of halogens is 5. The van der Waals surface area contributed by atoms with Crippen LogP contribution in [0.1, 0.15) is 36.0 Å². The maximum absolute atomic E-state index is 12.8. The van der Waals surface area contributed by atoms with Gasteiger partial charge in [0.05, 0.1) is 5.56 Å². The van der Waals surface area contributed by atoms with Crippen molar-refractivity contribution in [3.05, 3.63) is 23.9 Å². The predicted molar refractivity (Wildman–Crippen MR) is 90.2 cm³/mol. The van der Waals surface area contributed by atoms with E-state index in [0.29, 0.717) is 6.54 Å². The molecule has 10 heteroatoms. The quantitative estimate of drug-likeness (QED) is 0.691. The summed E-state index contributed by atoms with van der Waals surface area (Å²) in [5.74, 6) is -4.63. The van der Waals surface area contributed by atoms with Crippen molar-refractivity contribution in [1.82, 2.24) is 10.3 Å². The van der Waals surface area contributed by atoms with Crippen molar-refractivity contribution in [2.75, 3.05) is 13.2 Å². The number of carbonyl (C=O) groups is 1. The molecule has 1 saturated carbocycles. The molecule has 1 aromatic heterocycles. The number of alkyl halides is 4. The van der Waals surface area contributed by atoms with Crippen molar-refractivity contribution in [2.45, 2.75) is 44.1 Å². The summed E-state index contributed by atoms with van der Waals surface area (Å²) in [6.07, 6.45) is 1.26. The van der Waals surface area contributed by atoms with Crippen molar-refractivity contribution in [2.24, 2.45) is 11.7 Å². The second-order valence-corrected chi connectivity index (χ2v) is 6.10. The normalized spacial score (nSPS) is 20.4. The highest BCUT2D eigenvalue weighted by atomic mass is 35.5. The molecule has 2 atom stereocenters. The molecule has 1 aliphatic carbocycles. The molecule has 0 saturated heterocycles. The second kappa shape index (κ2) is 9.91. The number of hydrogen-bond acceptors (Lipinski definition) is 4. The van der Waals surface area contributed by atoms with Crippen LogP contribution in [-0.2, 0) is 0 Å². The summed E-state index contributed by atoms with van der Waals surface area (Å²) in [5.41, 5.74) is 5.95. The molecule has 3 N–H and O–H groups in total. The predicted octanol–water partition coefficient (Wildman–Crippen LogP) is 3.03. The van der Waals surface area contributed by atoms with Crippen molar-refractivity contribution >= 4 is 18.3 Å². The zero-order valence-corrected chi connectivity index (χ0v) is 14.8. The Morgan fingerprint density at radius 3 is 2.62 bits per heavy atom. The molecule has 1 fully saturated rings. The maximum Gasteiger partial charge on any atom is 0.340 e. The molecule has 1 amide bonds. The molecule has 1 aliphatic rings. The highest BCUT2D eigenvalue weighted by Crippen LogP contribution is 2.25. The lowest BCUT2D eigenvalue weighted by molar-refractivity contribution is -0.148. The Hall–Kier alpha value is -1.61. The van der Waals surface area contributed by atoms with Gasteiger partial charge in [0, 0.05) is 18.3 Å². The third-order valence-corrected chi connectivity index (χ3v) is 4.26. The first-order chi connectivity index (χ1) is 11.8. The molecule has 26 heavy (non-hydrogen) atoms. The van der Waals surface area contributed by atoms with Gasteiger partial charge in [-0.05, 0) is 31.4 Å². The average Bonchev–Trinajstić information content (AvgIpc) is 2.60. The van der Waals surface area contributed by atoms with E-state index < -0.39 is 19.0 Å². The van der Waals surface area contributed by atoms with Crippen LogP contribution in [0.2, 0.25) is 0 Å². The first-order valence-electron chi connectivity index (χ1n) is 8.09. The highest BCUT2D eigenvalue weighted by molar-refractivity contribution is 5.94. The molecule has 0 radical (unpaired) electrons. The van der Waals surface area contributed by atoms with Crippen LogP contribution in [0.15, 0.2) is 18.3 Å². The van der Waals surface area contributed by atoms with Crippen LogP contribution in [0.25, 0.3) is 0 Å². The Morgan fingerprint density at radius 2 is 2.04 bits per heavy atom. The van der Waals surface area contributed by atoms with Crippen LogP contribution in [0.5, 0.6) is 5.88 Å². The summed E-state index contributed by atoms with van der Waals surface area (Å²) in [5, 5.41) is 2.91. The monoisotopic (exact) mass is 399 g/mol. The standard InChI is InChI=1S/C16H21F4N3O2.ClH/c17-15(18)16(19,20)9-25-13-6-5-11(8-22-13)14(24)23-12-4-2-1-3-10(12)7-21;/h5-6,8,10,12,15H,1-4,7,9,21H2,(H,23,24);1H. The SMILES string of the molecule is Cl.NCC1CCCCC1NC(=O)c1ccc(OCC(F)(F)C(F)F)nc1. The van der Waals surface area contributed by atoms with Gasteiger partial charge in [0.15, 0.2) is 6.61 Å². The molecule has 1 aromatic rings. The van der Waals surface area contributed by atoms with Gasteiger partial charge in [-0.25, -0.2) is 13.8 Å². The molecular weight excluding hydrogens is 378 g/mol. The van der Waals surface area contributed by atoms with Crippen LogP contribution >= 0.6 is 12.4 Å². The minimum atomic E-state index is -4.25. The summed E-state index contributed by atoms with van der Waals surface area (Å²) < 4.78 is 54.3. The second-order valence-electron chi connectivity index (χ2n) is 6.10. The maximum atomic E-state index is 12.8. The molecule has 1 heterocycles. The number of nitrogens with one attached hydrogen (secondary N) is 1. The van der Waals surface area contributed by atoms with Gasteiger partial charge in [-0.15, -0.1) is 12.4 Å². The molecule has 5 nitrogen and oxygen atoms in total. The van der Waals surface area contributed by atoms with Crippen LogP contribution < -0.4 is 15.8 Å². The number of nitrogens with zero attached hydrogens (tertiary/aromatic N) is 1. The third kappa shape index (κ3) is 5.98. The Labute approximate surface area is 155 Å². The van der Waals surface area contributed by atoms with Crippen LogP contribution in [-0.4, -0.2) is 42.4 Å². The summed E-state index contributed by atoms with van der Waals surface area (Å²) in [6, 6.07) is 2.53. The number of amides is 1. The molecule has 0 aliphatic heterocycles. The summed E-state index contributed by atoms with van der Waals surface area (Å²) in [7, 11) is 0. The first kappa shape index (κ1) is 22.4. The molecule has 2 rings (SSSR count). The largest absolute Gasteiger partial charge is 0.471 e. The van der Waals surface area contributed by atoms with Gasteiger partial charge in [0.2, 0.25) is 5.88 Å². The number of rotatable bonds is 7. The topological polar surface area (TPSA) is 77.2 Å². The molecule has 0 spiro atoms. The van der Waals surface area contributed by atoms with Gasteiger partial charge < -0.3 is 15.8 Å². The zero-order valence-electron chi connectivity index (χ0n) is 14.0. The fourth-order valence-electron chi connectivity index (χ4n) is 2.76. The Bertz CT molecular complexity index is 575. The van der Waals surface area contributed by atoms with Crippen LogP contribution in [0, 0.1) is 5.92 Å². The van der Waals surface area contributed by atoms with E-state index in [1.54, 1.807) is 0 Å². The Morgan fingerprint density at radius 1 is 1.35 bits per heavy atom. The van der Waals surface area contributed by atoms with Gasteiger partial charge >= 0.3 is 12.3 Å². The van der Waals surface area contributed by atoms with Crippen molar-refractivity contribution in [1.29, 1.82) is 0 Å². The van der Waals surface area contributed by atoms with E-state index in [1.807, 2.05) is 0 Å². The Kier molecular flexibility index (Phi) is 8.55. The number of carbonyl (C=O) groups excluding carboxylic acids is 1. The van der Waals surface area contributed by atoms with Gasteiger partial charge in [0.25, 0.3) is 5.91 Å². The van der Waals surface area contributed by atoms with Gasteiger partial charge in [-0.1, -0.05) is 12.8 Å². The van der Waals surface area contributed by atoms with Crippen molar-refractivity contribution in [3.8, 4) is 5.88 Å². The van der Waals surface area contributed by atoms with Crippen LogP contribution in [0.3, 0.4) is 0 Å². The number of aromatic nitrogens is 1. The smallest absolute Gasteiger partial charge is 0.340 e.